The first-order valence-electron chi connectivity index (χ1n) is 5.49. The number of unbranched alkanes of at least 4 members (excludes halogenated alkanes) is 1. The molecule has 92 valence electrons. The second kappa shape index (κ2) is 8.08. The van der Waals surface area contributed by atoms with Gasteiger partial charge < -0.3 is 4.74 Å². The van der Waals surface area contributed by atoms with Crippen LogP contribution in [0, 0.1) is 6.92 Å². The van der Waals surface area contributed by atoms with Crippen LogP contribution in [0.1, 0.15) is 44.2 Å². The van der Waals surface area contributed by atoms with Crippen LogP contribution in [0.3, 0.4) is 0 Å². The monoisotopic (exact) mass is 230 g/mol. The molecule has 0 saturated carbocycles. The van der Waals surface area contributed by atoms with Crippen molar-refractivity contribution in [3.63, 3.8) is 0 Å². The SMILES string of the molecule is CCCC.COc1cc(C)ccc1C(F)F. The number of alkyl halides is 2. The highest BCUT2D eigenvalue weighted by atomic mass is 19.3. The molecule has 0 aromatic heterocycles. The summed E-state index contributed by atoms with van der Waals surface area (Å²) in [6, 6.07) is 4.63. The molecule has 0 aliphatic carbocycles. The molecule has 3 heteroatoms. The molecule has 0 amide bonds. The Hall–Kier alpha value is -1.12. The lowest BCUT2D eigenvalue weighted by Crippen LogP contribution is -1.92. The van der Waals surface area contributed by atoms with Crippen LogP contribution in [0.2, 0.25) is 0 Å². The maximum absolute atomic E-state index is 12.3. The average molecular weight is 230 g/mol. The predicted octanol–water partition coefficient (Wildman–Crippen LogP) is 4.75. The maximum atomic E-state index is 12.3. The van der Waals surface area contributed by atoms with Gasteiger partial charge in [-0.15, -0.1) is 0 Å². The van der Waals surface area contributed by atoms with Crippen molar-refractivity contribution in [1.29, 1.82) is 0 Å². The molecule has 0 fully saturated rings. The Morgan fingerprint density at radius 2 is 1.75 bits per heavy atom. The summed E-state index contributed by atoms with van der Waals surface area (Å²) in [4.78, 5) is 0. The summed E-state index contributed by atoms with van der Waals surface area (Å²) in [5.74, 6) is 0.255. The van der Waals surface area contributed by atoms with Crippen molar-refractivity contribution < 1.29 is 13.5 Å². The summed E-state index contributed by atoms with van der Waals surface area (Å²) >= 11 is 0. The lowest BCUT2D eigenvalue weighted by Gasteiger charge is -2.07. The van der Waals surface area contributed by atoms with Crippen molar-refractivity contribution in [3.8, 4) is 5.75 Å². The molecular formula is C13H20F2O. The summed E-state index contributed by atoms with van der Waals surface area (Å²) in [6.07, 6.45) is 0.167. The van der Waals surface area contributed by atoms with Crippen LogP contribution in [0.5, 0.6) is 5.75 Å². The van der Waals surface area contributed by atoms with E-state index in [1.807, 2.05) is 6.92 Å². The lowest BCUT2D eigenvalue weighted by molar-refractivity contribution is 0.147. The van der Waals surface area contributed by atoms with Crippen molar-refractivity contribution >= 4 is 0 Å². The van der Waals surface area contributed by atoms with Gasteiger partial charge in [0.25, 0.3) is 6.43 Å². The van der Waals surface area contributed by atoms with E-state index < -0.39 is 6.43 Å². The largest absolute Gasteiger partial charge is 0.496 e. The first kappa shape index (κ1) is 14.9. The first-order chi connectivity index (χ1) is 7.56. The van der Waals surface area contributed by atoms with E-state index in [1.54, 1.807) is 12.1 Å². The Kier molecular flexibility index (Phi) is 7.52. The van der Waals surface area contributed by atoms with E-state index in [2.05, 4.69) is 13.8 Å². The van der Waals surface area contributed by atoms with E-state index >= 15 is 0 Å². The Morgan fingerprint density at radius 1 is 1.19 bits per heavy atom. The van der Waals surface area contributed by atoms with Crippen LogP contribution in [0.25, 0.3) is 0 Å². The second-order valence-electron chi connectivity index (χ2n) is 3.55. The molecular weight excluding hydrogens is 210 g/mol. The Labute approximate surface area is 96.4 Å². The van der Waals surface area contributed by atoms with E-state index in [9.17, 15) is 8.78 Å². The third kappa shape index (κ3) is 5.10. The fraction of sp³-hybridized carbons (Fsp3) is 0.538. The molecule has 16 heavy (non-hydrogen) atoms. The van der Waals surface area contributed by atoms with Gasteiger partial charge in [0, 0.05) is 0 Å². The van der Waals surface area contributed by atoms with Crippen LogP contribution in [-0.4, -0.2) is 7.11 Å². The third-order valence-corrected chi connectivity index (χ3v) is 2.12. The highest BCUT2D eigenvalue weighted by molar-refractivity contribution is 5.37. The molecule has 0 N–H and O–H groups in total. The number of aryl methyl sites for hydroxylation is 1. The Bertz CT molecular complexity index is 296. The second-order valence-corrected chi connectivity index (χ2v) is 3.55. The highest BCUT2D eigenvalue weighted by Crippen LogP contribution is 2.29. The van der Waals surface area contributed by atoms with Gasteiger partial charge in [0.1, 0.15) is 5.75 Å². The number of benzene rings is 1. The van der Waals surface area contributed by atoms with Crippen LogP contribution < -0.4 is 4.74 Å². The fourth-order valence-electron chi connectivity index (χ4n) is 0.999. The van der Waals surface area contributed by atoms with E-state index in [0.29, 0.717) is 0 Å². The van der Waals surface area contributed by atoms with Gasteiger partial charge in [-0.2, -0.15) is 0 Å². The Morgan fingerprint density at radius 3 is 2.12 bits per heavy atom. The van der Waals surface area contributed by atoms with Crippen molar-refractivity contribution in [1.82, 2.24) is 0 Å². The molecule has 0 heterocycles. The third-order valence-electron chi connectivity index (χ3n) is 2.12. The summed E-state index contributed by atoms with van der Waals surface area (Å²) in [7, 11) is 1.39. The highest BCUT2D eigenvalue weighted by Gasteiger charge is 2.12. The van der Waals surface area contributed by atoms with Gasteiger partial charge in [0.2, 0.25) is 0 Å². The summed E-state index contributed by atoms with van der Waals surface area (Å²) in [5.41, 5.74) is 0.861. The minimum absolute atomic E-state index is 0.0527. The minimum atomic E-state index is -2.47. The van der Waals surface area contributed by atoms with Gasteiger partial charge in [-0.3, -0.25) is 0 Å². The zero-order valence-corrected chi connectivity index (χ0v) is 10.4. The van der Waals surface area contributed by atoms with Crippen molar-refractivity contribution in [2.24, 2.45) is 0 Å². The molecule has 0 saturated heterocycles. The number of hydrogen-bond acceptors (Lipinski definition) is 1. The lowest BCUT2D eigenvalue weighted by atomic mass is 10.1. The van der Waals surface area contributed by atoms with E-state index in [1.165, 1.54) is 26.0 Å². The fourth-order valence-corrected chi connectivity index (χ4v) is 0.999. The predicted molar refractivity (Wildman–Crippen MR) is 63.3 cm³/mol. The van der Waals surface area contributed by atoms with E-state index in [0.717, 1.165) is 5.56 Å². The number of halogens is 2. The molecule has 1 rings (SSSR count). The van der Waals surface area contributed by atoms with Crippen LogP contribution in [0.4, 0.5) is 8.78 Å². The van der Waals surface area contributed by atoms with Crippen LogP contribution in [0.15, 0.2) is 18.2 Å². The van der Waals surface area contributed by atoms with Gasteiger partial charge in [-0.1, -0.05) is 32.8 Å². The standard InChI is InChI=1S/C9H10F2O.C4H10/c1-6-3-4-7(9(10)11)8(5-6)12-2;1-3-4-2/h3-5,9H,1-2H3;3-4H2,1-2H3. The molecule has 0 radical (unpaired) electrons. The average Bonchev–Trinajstić information content (AvgIpc) is 2.28. The van der Waals surface area contributed by atoms with Gasteiger partial charge in [-0.05, 0) is 24.6 Å². The topological polar surface area (TPSA) is 9.23 Å². The summed E-state index contributed by atoms with van der Waals surface area (Å²) < 4.78 is 29.3. The number of ether oxygens (including phenoxy) is 1. The van der Waals surface area contributed by atoms with Gasteiger partial charge in [0.05, 0.1) is 12.7 Å². The number of rotatable bonds is 3. The molecule has 0 atom stereocenters. The normalized spacial score (nSPS) is 9.69. The van der Waals surface area contributed by atoms with Gasteiger partial charge in [-0.25, -0.2) is 8.78 Å². The molecule has 0 unspecified atom stereocenters. The molecule has 0 aliphatic rings. The number of hydrogen-bond donors (Lipinski definition) is 0. The minimum Gasteiger partial charge on any atom is -0.496 e. The molecule has 1 aromatic rings. The zero-order chi connectivity index (χ0) is 12.6. The molecule has 0 aliphatic heterocycles. The first-order valence-corrected chi connectivity index (χ1v) is 5.49. The number of methoxy groups -OCH3 is 1. The van der Waals surface area contributed by atoms with Crippen LogP contribution in [-0.2, 0) is 0 Å². The smallest absolute Gasteiger partial charge is 0.267 e. The van der Waals surface area contributed by atoms with Crippen molar-refractivity contribution in [2.75, 3.05) is 7.11 Å². The molecule has 0 spiro atoms. The van der Waals surface area contributed by atoms with Crippen molar-refractivity contribution in [3.05, 3.63) is 29.3 Å². The Balaban J connectivity index is 0.000000487. The maximum Gasteiger partial charge on any atom is 0.267 e. The van der Waals surface area contributed by atoms with Crippen LogP contribution >= 0.6 is 0 Å². The van der Waals surface area contributed by atoms with Crippen molar-refractivity contribution in [2.45, 2.75) is 40.0 Å². The van der Waals surface area contributed by atoms with E-state index in [4.69, 9.17) is 4.74 Å². The van der Waals surface area contributed by atoms with Gasteiger partial charge >= 0.3 is 0 Å². The summed E-state index contributed by atoms with van der Waals surface area (Å²) in [6.45, 7) is 6.19. The molecule has 1 aromatic carbocycles. The zero-order valence-electron chi connectivity index (χ0n) is 10.4. The molecule has 0 bridgehead atoms. The van der Waals surface area contributed by atoms with E-state index in [-0.39, 0.29) is 11.3 Å². The molecule has 1 nitrogen and oxygen atoms in total. The quantitative estimate of drug-likeness (QED) is 0.728. The summed E-state index contributed by atoms with van der Waals surface area (Å²) in [5, 5.41) is 0. The van der Waals surface area contributed by atoms with Gasteiger partial charge in [0.15, 0.2) is 0 Å².